The molecule has 0 radical (unpaired) electrons. The number of nitrogens with two attached hydrogens (primary N) is 1. The van der Waals surface area contributed by atoms with Crippen LogP contribution in [0.2, 0.25) is 0 Å². The van der Waals surface area contributed by atoms with Crippen molar-refractivity contribution in [2.75, 3.05) is 72.5 Å². The number of piperazine rings is 1. The zero-order chi connectivity index (χ0) is 20.9. The molecule has 0 aromatic rings. The summed E-state index contributed by atoms with van der Waals surface area (Å²) in [4.78, 5) is 32.9. The number of piperidine rings is 1. The lowest BCUT2D eigenvalue weighted by atomic mass is 9.93. The SMILES string of the molecule is CN1CCN(C[C@]2(O)CCCN(C(=O)C3CCN(CCC(N)=O)CC3)CC2)CC1. The molecular formula is C21H39N5O3. The van der Waals surface area contributed by atoms with Crippen LogP contribution in [0.5, 0.6) is 0 Å². The first-order chi connectivity index (χ1) is 13.8. The lowest BCUT2D eigenvalue weighted by Gasteiger charge is -2.38. The fourth-order valence-corrected chi connectivity index (χ4v) is 4.91. The number of carbonyl (C=O) groups is 2. The van der Waals surface area contributed by atoms with Gasteiger partial charge < -0.3 is 25.5 Å². The molecule has 0 unspecified atom stereocenters. The average Bonchev–Trinajstić information content (AvgIpc) is 2.90. The smallest absolute Gasteiger partial charge is 0.225 e. The number of aliphatic hydroxyl groups is 1. The molecule has 3 heterocycles. The van der Waals surface area contributed by atoms with Crippen LogP contribution in [0, 0.1) is 5.92 Å². The Labute approximate surface area is 175 Å². The summed E-state index contributed by atoms with van der Waals surface area (Å²) in [6, 6.07) is 0. The van der Waals surface area contributed by atoms with Gasteiger partial charge in [-0.05, 0) is 52.2 Å². The van der Waals surface area contributed by atoms with Gasteiger partial charge in [-0.1, -0.05) is 0 Å². The van der Waals surface area contributed by atoms with E-state index in [1.54, 1.807) is 0 Å². The number of hydrogen-bond acceptors (Lipinski definition) is 6. The van der Waals surface area contributed by atoms with Crippen molar-refractivity contribution in [2.45, 2.75) is 44.1 Å². The number of likely N-dealkylation sites (N-methyl/N-ethyl adjacent to an activating group) is 1. The molecule has 0 saturated carbocycles. The van der Waals surface area contributed by atoms with E-state index in [-0.39, 0.29) is 17.7 Å². The monoisotopic (exact) mass is 409 g/mol. The maximum Gasteiger partial charge on any atom is 0.225 e. The van der Waals surface area contributed by atoms with Crippen LogP contribution in [0.25, 0.3) is 0 Å². The molecule has 8 nitrogen and oxygen atoms in total. The predicted octanol–water partition coefficient (Wildman–Crippen LogP) is -0.435. The third-order valence-corrected chi connectivity index (χ3v) is 6.95. The number of nitrogens with zero attached hydrogens (tertiary/aromatic N) is 4. The Balaban J connectivity index is 1.44. The lowest BCUT2D eigenvalue weighted by Crippen LogP contribution is -2.51. The van der Waals surface area contributed by atoms with Crippen LogP contribution in [0.15, 0.2) is 0 Å². The summed E-state index contributed by atoms with van der Waals surface area (Å²) < 4.78 is 0. The van der Waals surface area contributed by atoms with Crippen LogP contribution in [-0.2, 0) is 9.59 Å². The van der Waals surface area contributed by atoms with Crippen LogP contribution >= 0.6 is 0 Å². The van der Waals surface area contributed by atoms with E-state index in [2.05, 4.69) is 21.7 Å². The van der Waals surface area contributed by atoms with E-state index in [9.17, 15) is 14.7 Å². The van der Waals surface area contributed by atoms with Gasteiger partial charge in [0.25, 0.3) is 0 Å². The van der Waals surface area contributed by atoms with E-state index >= 15 is 0 Å². The predicted molar refractivity (Wildman–Crippen MR) is 112 cm³/mol. The van der Waals surface area contributed by atoms with E-state index in [1.807, 2.05) is 4.90 Å². The fourth-order valence-electron chi connectivity index (χ4n) is 4.91. The molecule has 2 amide bonds. The topological polar surface area (TPSA) is 93.3 Å². The number of hydrogen-bond donors (Lipinski definition) is 2. The third kappa shape index (κ3) is 6.64. The average molecular weight is 410 g/mol. The standard InChI is InChI=1S/C21H39N5O3/c1-23-13-15-25(16-14-23)17-21(29)6-2-8-26(12-7-21)20(28)18-3-9-24(10-4-18)11-5-19(22)27/h18,29H,2-17H2,1H3,(H2,22,27)/t21-/m0/s1. The van der Waals surface area contributed by atoms with Gasteiger partial charge in [-0.15, -0.1) is 0 Å². The molecular weight excluding hydrogens is 370 g/mol. The van der Waals surface area contributed by atoms with E-state index in [4.69, 9.17) is 5.73 Å². The highest BCUT2D eigenvalue weighted by Crippen LogP contribution is 2.27. The molecule has 3 aliphatic rings. The van der Waals surface area contributed by atoms with E-state index in [0.29, 0.717) is 25.9 Å². The number of amides is 2. The van der Waals surface area contributed by atoms with Gasteiger partial charge in [-0.3, -0.25) is 14.5 Å². The molecule has 0 aromatic carbocycles. The minimum atomic E-state index is -0.678. The van der Waals surface area contributed by atoms with Crippen molar-refractivity contribution in [3.05, 3.63) is 0 Å². The second-order valence-electron chi connectivity index (χ2n) is 9.31. The number of carbonyl (C=O) groups excluding carboxylic acids is 2. The maximum absolute atomic E-state index is 13.1. The van der Waals surface area contributed by atoms with E-state index < -0.39 is 5.60 Å². The van der Waals surface area contributed by atoms with Crippen LogP contribution in [0.1, 0.15) is 38.5 Å². The summed E-state index contributed by atoms with van der Waals surface area (Å²) in [6.07, 6.45) is 4.39. The zero-order valence-electron chi connectivity index (χ0n) is 18.0. The summed E-state index contributed by atoms with van der Waals surface area (Å²) in [5.74, 6) is 0.0591. The summed E-state index contributed by atoms with van der Waals surface area (Å²) in [5.41, 5.74) is 4.56. The molecule has 3 aliphatic heterocycles. The Hall–Kier alpha value is -1.22. The summed E-state index contributed by atoms with van der Waals surface area (Å²) in [6.45, 7) is 8.66. The minimum Gasteiger partial charge on any atom is -0.388 e. The highest BCUT2D eigenvalue weighted by atomic mass is 16.3. The second-order valence-corrected chi connectivity index (χ2v) is 9.31. The fraction of sp³-hybridized carbons (Fsp3) is 0.905. The van der Waals surface area contributed by atoms with Crippen molar-refractivity contribution in [3.63, 3.8) is 0 Å². The molecule has 3 rings (SSSR count). The van der Waals surface area contributed by atoms with Crippen molar-refractivity contribution < 1.29 is 14.7 Å². The van der Waals surface area contributed by atoms with Crippen molar-refractivity contribution in [3.8, 4) is 0 Å². The number of β-amino-alcohol motifs (C(OH)–C–C–N with tert-alkyl or cyclic N) is 1. The van der Waals surface area contributed by atoms with E-state index in [1.165, 1.54) is 0 Å². The number of primary amides is 1. The summed E-state index contributed by atoms with van der Waals surface area (Å²) >= 11 is 0. The largest absolute Gasteiger partial charge is 0.388 e. The van der Waals surface area contributed by atoms with Gasteiger partial charge in [-0.25, -0.2) is 0 Å². The lowest BCUT2D eigenvalue weighted by molar-refractivity contribution is -0.137. The van der Waals surface area contributed by atoms with Crippen LogP contribution in [0.4, 0.5) is 0 Å². The maximum atomic E-state index is 13.1. The summed E-state index contributed by atoms with van der Waals surface area (Å²) in [7, 11) is 2.14. The third-order valence-electron chi connectivity index (χ3n) is 6.95. The van der Waals surface area contributed by atoms with Gasteiger partial charge >= 0.3 is 0 Å². The molecule has 0 aromatic heterocycles. The Morgan fingerprint density at radius 2 is 1.66 bits per heavy atom. The van der Waals surface area contributed by atoms with Gasteiger partial charge in [0, 0.05) is 64.7 Å². The van der Waals surface area contributed by atoms with Gasteiger partial charge in [0.05, 0.1) is 5.60 Å². The van der Waals surface area contributed by atoms with Gasteiger partial charge in [0.1, 0.15) is 0 Å². The summed E-state index contributed by atoms with van der Waals surface area (Å²) in [5, 5.41) is 11.2. The zero-order valence-corrected chi connectivity index (χ0v) is 18.0. The minimum absolute atomic E-state index is 0.0728. The molecule has 0 aliphatic carbocycles. The molecule has 1 atom stereocenters. The molecule has 0 bridgehead atoms. The number of rotatable bonds is 6. The normalized spacial score (nSPS) is 29.0. The Bertz CT molecular complexity index is 559. The van der Waals surface area contributed by atoms with Gasteiger partial charge in [0.15, 0.2) is 0 Å². The first kappa shape index (κ1) is 22.5. The first-order valence-corrected chi connectivity index (χ1v) is 11.3. The molecule has 3 fully saturated rings. The molecule has 3 N–H and O–H groups in total. The highest BCUT2D eigenvalue weighted by molar-refractivity contribution is 5.79. The highest BCUT2D eigenvalue weighted by Gasteiger charge is 2.36. The molecule has 0 spiro atoms. The quantitative estimate of drug-likeness (QED) is 0.618. The Morgan fingerprint density at radius 1 is 0.966 bits per heavy atom. The Kier molecular flexibility index (Phi) is 7.90. The Morgan fingerprint density at radius 3 is 2.31 bits per heavy atom. The second kappa shape index (κ2) is 10.2. The van der Waals surface area contributed by atoms with Crippen molar-refractivity contribution in [2.24, 2.45) is 11.7 Å². The molecule has 8 heteroatoms. The van der Waals surface area contributed by atoms with Crippen LogP contribution in [-0.4, -0.2) is 115 Å². The molecule has 29 heavy (non-hydrogen) atoms. The molecule has 3 saturated heterocycles. The van der Waals surface area contributed by atoms with Gasteiger partial charge in [-0.2, -0.15) is 0 Å². The molecule has 166 valence electrons. The van der Waals surface area contributed by atoms with E-state index in [0.717, 1.165) is 78.0 Å². The van der Waals surface area contributed by atoms with Crippen LogP contribution < -0.4 is 5.73 Å². The first-order valence-electron chi connectivity index (χ1n) is 11.3. The number of likely N-dealkylation sites (tertiary alicyclic amines) is 2. The van der Waals surface area contributed by atoms with Crippen LogP contribution in [0.3, 0.4) is 0 Å². The van der Waals surface area contributed by atoms with Crippen molar-refractivity contribution in [1.82, 2.24) is 19.6 Å². The van der Waals surface area contributed by atoms with Gasteiger partial charge in [0.2, 0.25) is 11.8 Å². The van der Waals surface area contributed by atoms with Crippen molar-refractivity contribution in [1.29, 1.82) is 0 Å². The van der Waals surface area contributed by atoms with Crippen molar-refractivity contribution >= 4 is 11.8 Å².